The maximum atomic E-state index is 3.92. The molecule has 0 radical (unpaired) electrons. The molecular weight excluding hydrogens is 255 g/mol. The molecule has 84 valence electrons. The topological polar surface area (TPSA) is 27.3 Å². The molecule has 0 spiro atoms. The molecule has 3 nitrogen and oxygen atoms in total. The zero-order chi connectivity index (χ0) is 10.4. The van der Waals surface area contributed by atoms with E-state index in [1.54, 1.807) is 0 Å². The van der Waals surface area contributed by atoms with Gasteiger partial charge in [-0.2, -0.15) is 0 Å². The molecule has 1 rings (SSSR count). The molecular formula is C6H25N3Si5. The molecule has 0 amide bonds. The molecule has 14 heavy (non-hydrogen) atoms. The average Bonchev–Trinajstić information content (AvgIpc) is 2.20. The van der Waals surface area contributed by atoms with Crippen LogP contribution in [0.1, 0.15) is 32.1 Å². The molecule has 2 N–H and O–H groups in total. The van der Waals surface area contributed by atoms with Crippen molar-refractivity contribution in [2.75, 3.05) is 0 Å². The maximum Gasteiger partial charge on any atom is 0.162 e. The Morgan fingerprint density at radius 2 is 1.86 bits per heavy atom. The van der Waals surface area contributed by atoms with Gasteiger partial charge in [-0.3, -0.25) is 0 Å². The van der Waals surface area contributed by atoms with E-state index in [4.69, 9.17) is 0 Å². The lowest BCUT2D eigenvalue weighted by atomic mass is 9.96. The van der Waals surface area contributed by atoms with Crippen molar-refractivity contribution in [3.63, 3.8) is 0 Å². The highest BCUT2D eigenvalue weighted by atomic mass is 29.2. The van der Waals surface area contributed by atoms with Gasteiger partial charge in [0.05, 0.1) is 31.2 Å². The minimum absolute atomic E-state index is 0.0408. The molecule has 0 aliphatic heterocycles. The van der Waals surface area contributed by atoms with Crippen LogP contribution in [-0.2, 0) is 0 Å². The third kappa shape index (κ3) is 4.66. The fourth-order valence-corrected chi connectivity index (χ4v) is 18.9. The van der Waals surface area contributed by atoms with E-state index >= 15 is 0 Å². The van der Waals surface area contributed by atoms with Crippen LogP contribution in [0.2, 0.25) is 0 Å². The highest BCUT2D eigenvalue weighted by Gasteiger charge is 2.16. The minimum atomic E-state index is -0.561. The van der Waals surface area contributed by atoms with E-state index in [0.717, 1.165) is 6.04 Å². The van der Waals surface area contributed by atoms with E-state index in [1.165, 1.54) is 63.3 Å². The second-order valence-electron chi connectivity index (χ2n) is 4.51. The van der Waals surface area contributed by atoms with Gasteiger partial charge in [0.15, 0.2) is 8.64 Å². The number of nitrogens with one attached hydrogen (secondary N) is 2. The summed E-state index contributed by atoms with van der Waals surface area (Å²) in [5, 5.41) is 0. The predicted molar refractivity (Wildman–Crippen MR) is 80.5 cm³/mol. The highest BCUT2D eigenvalue weighted by Crippen LogP contribution is 2.16. The third-order valence-corrected chi connectivity index (χ3v) is 24.1. The Kier molecular flexibility index (Phi) is 6.77. The number of rotatable bonds is 5. The zero-order valence-electron chi connectivity index (χ0n) is 9.84. The molecule has 0 bridgehead atoms. The van der Waals surface area contributed by atoms with Gasteiger partial charge < -0.3 is 13.5 Å². The molecule has 0 aromatic rings. The van der Waals surface area contributed by atoms with Gasteiger partial charge >= 0.3 is 0 Å². The van der Waals surface area contributed by atoms with E-state index in [2.05, 4.69) is 13.5 Å². The smallest absolute Gasteiger partial charge is 0.162 e. The molecule has 1 unspecified atom stereocenters. The van der Waals surface area contributed by atoms with Crippen molar-refractivity contribution in [3.05, 3.63) is 0 Å². The van der Waals surface area contributed by atoms with Crippen molar-refractivity contribution in [2.24, 2.45) is 0 Å². The molecule has 1 aliphatic rings. The lowest BCUT2D eigenvalue weighted by Gasteiger charge is -2.28. The van der Waals surface area contributed by atoms with Gasteiger partial charge in [0.2, 0.25) is 0 Å². The zero-order valence-corrected chi connectivity index (χ0v) is 18.4. The van der Waals surface area contributed by atoms with Crippen LogP contribution in [0.4, 0.5) is 0 Å². The van der Waals surface area contributed by atoms with Crippen LogP contribution in [0.5, 0.6) is 0 Å². The number of hydrogen-bond donors (Lipinski definition) is 2. The standard InChI is InChI=1S/C6H25N3Si5/c10-8-14(9(11)12)13-7-6-4-2-1-3-5-6/h6-8,14H,1-5,13H2,10-12H3. The Morgan fingerprint density at radius 3 is 2.36 bits per heavy atom. The first-order valence-corrected chi connectivity index (χ1v) is 13.7. The van der Waals surface area contributed by atoms with Gasteiger partial charge in [-0.15, -0.1) is 0 Å². The first kappa shape index (κ1) is 13.0. The van der Waals surface area contributed by atoms with Crippen LogP contribution in [0.3, 0.4) is 0 Å². The molecule has 0 aromatic heterocycles. The Morgan fingerprint density at radius 1 is 1.21 bits per heavy atom. The molecule has 0 aromatic carbocycles. The second kappa shape index (κ2) is 7.27. The van der Waals surface area contributed by atoms with Crippen molar-refractivity contribution in [1.82, 2.24) is 13.5 Å². The Labute approximate surface area is 101 Å². The number of hydrogen-bond acceptors (Lipinski definition) is 3. The van der Waals surface area contributed by atoms with Gasteiger partial charge in [0, 0.05) is 0 Å². The minimum Gasteiger partial charge on any atom is -0.375 e. The van der Waals surface area contributed by atoms with E-state index in [-0.39, 0.29) is 9.20 Å². The van der Waals surface area contributed by atoms with Gasteiger partial charge in [-0.1, -0.05) is 19.3 Å². The summed E-state index contributed by atoms with van der Waals surface area (Å²) in [5.74, 6) is 0. The summed E-state index contributed by atoms with van der Waals surface area (Å²) < 4.78 is 6.44. The van der Waals surface area contributed by atoms with Crippen molar-refractivity contribution < 1.29 is 0 Å². The van der Waals surface area contributed by atoms with E-state index < -0.39 is 8.64 Å². The van der Waals surface area contributed by atoms with Crippen LogP contribution in [0.15, 0.2) is 0 Å². The predicted octanol–water partition coefficient (Wildman–Crippen LogP) is -4.56. The van der Waals surface area contributed by atoms with E-state index in [1.807, 2.05) is 0 Å². The quantitative estimate of drug-likeness (QED) is 0.497. The van der Waals surface area contributed by atoms with Gasteiger partial charge in [0.25, 0.3) is 0 Å². The first-order chi connectivity index (χ1) is 6.74. The molecule has 1 aliphatic carbocycles. The molecule has 1 atom stereocenters. The van der Waals surface area contributed by atoms with Gasteiger partial charge in [-0.25, -0.2) is 0 Å². The summed E-state index contributed by atoms with van der Waals surface area (Å²) in [6, 6.07) is 0.906. The van der Waals surface area contributed by atoms with Crippen LogP contribution in [0.25, 0.3) is 0 Å². The van der Waals surface area contributed by atoms with Crippen LogP contribution < -0.4 is 9.63 Å². The maximum absolute atomic E-state index is 3.92. The van der Waals surface area contributed by atoms with Crippen LogP contribution in [0, 0.1) is 0 Å². The average molecular weight is 280 g/mol. The van der Waals surface area contributed by atoms with Crippen molar-refractivity contribution in [3.8, 4) is 0 Å². The van der Waals surface area contributed by atoms with Crippen LogP contribution in [-0.4, -0.2) is 59.0 Å². The van der Waals surface area contributed by atoms with Crippen molar-refractivity contribution in [1.29, 1.82) is 0 Å². The first-order valence-electron chi connectivity index (χ1n) is 5.81. The summed E-state index contributed by atoms with van der Waals surface area (Å²) in [7, 11) is 3.29. The summed E-state index contributed by atoms with van der Waals surface area (Å²) in [5.41, 5.74) is 0. The van der Waals surface area contributed by atoms with Crippen molar-refractivity contribution >= 4 is 49.0 Å². The van der Waals surface area contributed by atoms with Gasteiger partial charge in [0.1, 0.15) is 9.20 Å². The Balaban J connectivity index is 2.16. The third-order valence-electron chi connectivity index (χ3n) is 3.16. The second-order valence-corrected chi connectivity index (χ2v) is 19.9. The van der Waals surface area contributed by atoms with Crippen LogP contribution >= 0.6 is 0 Å². The fourth-order valence-electron chi connectivity index (χ4n) is 2.13. The van der Waals surface area contributed by atoms with Gasteiger partial charge in [-0.05, 0) is 18.9 Å². The Hall–Kier alpha value is 0.964. The fraction of sp³-hybridized carbons (Fsp3) is 1.00. The van der Waals surface area contributed by atoms with E-state index in [9.17, 15) is 0 Å². The Bertz CT molecular complexity index is 152. The summed E-state index contributed by atoms with van der Waals surface area (Å²) in [6.45, 7) is 0. The molecule has 0 saturated heterocycles. The largest absolute Gasteiger partial charge is 0.375 e. The monoisotopic (exact) mass is 279 g/mol. The molecule has 8 heteroatoms. The normalized spacial score (nSPS) is 22.9. The summed E-state index contributed by atoms with van der Waals surface area (Å²) in [6.07, 6.45) is 7.33. The molecule has 1 saturated carbocycles. The lowest BCUT2D eigenvalue weighted by molar-refractivity contribution is 0.419. The summed E-state index contributed by atoms with van der Waals surface area (Å²) >= 11 is 0. The summed E-state index contributed by atoms with van der Waals surface area (Å²) in [4.78, 5) is 3.92. The molecule has 0 heterocycles. The lowest BCUT2D eigenvalue weighted by Crippen LogP contribution is -2.57. The number of nitrogens with zero attached hydrogens (tertiary/aromatic N) is 1. The van der Waals surface area contributed by atoms with E-state index in [0.29, 0.717) is 0 Å². The molecule has 1 fully saturated rings. The highest BCUT2D eigenvalue weighted by molar-refractivity contribution is 7.12. The van der Waals surface area contributed by atoms with Crippen molar-refractivity contribution in [2.45, 2.75) is 38.1 Å². The SMILES string of the molecule is [SiH3]N[SiH]([SiH2]NC1CCCCC1)N([SiH3])[SiH3].